The molecule has 0 aliphatic carbocycles. The fourth-order valence-electron chi connectivity index (χ4n) is 4.15. The molecular formula is C26H34N2O4. The molecule has 4 atom stereocenters. The SMILES string of the molecule is COC(=O)c1ccc([C@H](C)NC(=O)[C@H]2C[C@H](C)[C@H](C)CN2CCOc2ccccc2)cc1. The summed E-state index contributed by atoms with van der Waals surface area (Å²) < 4.78 is 10.6. The zero-order valence-electron chi connectivity index (χ0n) is 19.4. The average Bonchev–Trinajstić information content (AvgIpc) is 2.81. The van der Waals surface area contributed by atoms with Crippen LogP contribution in [-0.4, -0.2) is 49.6 Å². The van der Waals surface area contributed by atoms with Gasteiger partial charge in [-0.25, -0.2) is 4.79 Å². The minimum Gasteiger partial charge on any atom is -0.492 e. The molecule has 1 aliphatic heterocycles. The molecule has 2 aromatic carbocycles. The number of ether oxygens (including phenoxy) is 2. The van der Waals surface area contributed by atoms with E-state index in [0.717, 1.165) is 24.3 Å². The number of esters is 1. The van der Waals surface area contributed by atoms with Crippen LogP contribution in [-0.2, 0) is 9.53 Å². The number of hydrogen-bond donors (Lipinski definition) is 1. The van der Waals surface area contributed by atoms with Crippen LogP contribution in [0.15, 0.2) is 54.6 Å². The highest BCUT2D eigenvalue weighted by Crippen LogP contribution is 2.28. The minimum absolute atomic E-state index is 0.0352. The van der Waals surface area contributed by atoms with Crippen LogP contribution in [0.25, 0.3) is 0 Å². The van der Waals surface area contributed by atoms with Gasteiger partial charge in [-0.05, 0) is 55.0 Å². The minimum atomic E-state index is -0.369. The number of nitrogens with zero attached hydrogens (tertiary/aromatic N) is 1. The summed E-state index contributed by atoms with van der Waals surface area (Å²) in [6, 6.07) is 16.6. The molecule has 0 unspecified atom stereocenters. The first-order valence-corrected chi connectivity index (χ1v) is 11.3. The Bertz CT molecular complexity index is 884. The second-order valence-corrected chi connectivity index (χ2v) is 8.71. The smallest absolute Gasteiger partial charge is 0.337 e. The van der Waals surface area contributed by atoms with Crippen molar-refractivity contribution in [3.8, 4) is 5.75 Å². The molecule has 0 aromatic heterocycles. The first-order chi connectivity index (χ1) is 15.4. The summed E-state index contributed by atoms with van der Waals surface area (Å²) in [5, 5.41) is 3.16. The van der Waals surface area contributed by atoms with Gasteiger partial charge in [-0.3, -0.25) is 9.69 Å². The van der Waals surface area contributed by atoms with Crippen LogP contribution in [0.5, 0.6) is 5.75 Å². The Kier molecular flexibility index (Phi) is 8.28. The molecule has 32 heavy (non-hydrogen) atoms. The van der Waals surface area contributed by atoms with Gasteiger partial charge in [0.1, 0.15) is 12.4 Å². The van der Waals surface area contributed by atoms with Crippen molar-refractivity contribution < 1.29 is 19.1 Å². The zero-order valence-corrected chi connectivity index (χ0v) is 19.4. The van der Waals surface area contributed by atoms with Gasteiger partial charge < -0.3 is 14.8 Å². The van der Waals surface area contributed by atoms with E-state index < -0.39 is 0 Å². The van der Waals surface area contributed by atoms with E-state index in [4.69, 9.17) is 9.47 Å². The Morgan fingerprint density at radius 2 is 1.75 bits per heavy atom. The lowest BCUT2D eigenvalue weighted by molar-refractivity contribution is -0.130. The van der Waals surface area contributed by atoms with E-state index in [1.165, 1.54) is 7.11 Å². The highest BCUT2D eigenvalue weighted by Gasteiger charge is 2.35. The molecule has 0 spiro atoms. The third-order valence-electron chi connectivity index (χ3n) is 6.41. The van der Waals surface area contributed by atoms with Crippen molar-refractivity contribution in [3.05, 3.63) is 65.7 Å². The van der Waals surface area contributed by atoms with Crippen LogP contribution in [0.1, 0.15) is 49.2 Å². The van der Waals surface area contributed by atoms with E-state index in [-0.39, 0.29) is 24.0 Å². The van der Waals surface area contributed by atoms with Gasteiger partial charge in [-0.1, -0.05) is 44.2 Å². The third-order valence-corrected chi connectivity index (χ3v) is 6.41. The third kappa shape index (κ3) is 6.10. The summed E-state index contributed by atoms with van der Waals surface area (Å²) in [5.41, 5.74) is 1.44. The highest BCUT2D eigenvalue weighted by atomic mass is 16.5. The first-order valence-electron chi connectivity index (χ1n) is 11.3. The molecule has 6 nitrogen and oxygen atoms in total. The highest BCUT2D eigenvalue weighted by molar-refractivity contribution is 5.89. The summed E-state index contributed by atoms with van der Waals surface area (Å²) in [6.07, 6.45) is 0.826. The van der Waals surface area contributed by atoms with Crippen molar-refractivity contribution in [1.29, 1.82) is 0 Å². The molecule has 3 rings (SSSR count). The summed E-state index contributed by atoms with van der Waals surface area (Å²) >= 11 is 0. The van der Waals surface area contributed by atoms with Gasteiger partial charge in [0.2, 0.25) is 5.91 Å². The number of likely N-dealkylation sites (tertiary alicyclic amines) is 1. The maximum atomic E-state index is 13.2. The maximum Gasteiger partial charge on any atom is 0.337 e. The number of methoxy groups -OCH3 is 1. The van der Waals surface area contributed by atoms with Crippen molar-refractivity contribution in [2.45, 2.75) is 39.3 Å². The maximum absolute atomic E-state index is 13.2. The Morgan fingerprint density at radius 1 is 1.06 bits per heavy atom. The predicted molar refractivity (Wildman–Crippen MR) is 125 cm³/mol. The van der Waals surface area contributed by atoms with Crippen molar-refractivity contribution in [1.82, 2.24) is 10.2 Å². The molecule has 0 bridgehead atoms. The quantitative estimate of drug-likeness (QED) is 0.629. The number of nitrogens with one attached hydrogen (secondary N) is 1. The summed E-state index contributed by atoms with van der Waals surface area (Å²) in [5.74, 6) is 1.52. The standard InChI is InChI=1S/C26H34N2O4/c1-18-16-24(28(17-19(18)2)14-15-32-23-8-6-5-7-9-23)25(29)27-20(3)21-10-12-22(13-11-21)26(30)31-4/h5-13,18-20,24H,14-17H2,1-4H3,(H,27,29)/t18-,19+,20-,24+/m0/s1. The Morgan fingerprint density at radius 3 is 2.41 bits per heavy atom. The topological polar surface area (TPSA) is 67.9 Å². The Balaban J connectivity index is 1.61. The molecule has 1 aliphatic rings. The predicted octanol–water partition coefficient (Wildman–Crippen LogP) is 4.08. The van der Waals surface area contributed by atoms with E-state index in [0.29, 0.717) is 30.6 Å². The van der Waals surface area contributed by atoms with Crippen LogP contribution in [0.2, 0.25) is 0 Å². The fraction of sp³-hybridized carbons (Fsp3) is 0.462. The van der Waals surface area contributed by atoms with Crippen molar-refractivity contribution >= 4 is 11.9 Å². The zero-order chi connectivity index (χ0) is 23.1. The number of para-hydroxylation sites is 1. The molecule has 0 radical (unpaired) electrons. The van der Waals surface area contributed by atoms with Gasteiger partial charge in [0.05, 0.1) is 24.8 Å². The molecule has 1 saturated heterocycles. The van der Waals surface area contributed by atoms with Crippen molar-refractivity contribution in [2.24, 2.45) is 11.8 Å². The number of carbonyl (C=O) groups excluding carboxylic acids is 2. The number of benzene rings is 2. The monoisotopic (exact) mass is 438 g/mol. The van der Waals surface area contributed by atoms with Crippen LogP contribution in [0, 0.1) is 11.8 Å². The Hall–Kier alpha value is -2.86. The van der Waals surface area contributed by atoms with Gasteiger partial charge in [0.15, 0.2) is 0 Å². The Labute approximate surface area is 190 Å². The summed E-state index contributed by atoms with van der Waals surface area (Å²) in [7, 11) is 1.36. The molecule has 1 amide bonds. The van der Waals surface area contributed by atoms with E-state index in [9.17, 15) is 9.59 Å². The average molecular weight is 439 g/mol. The van der Waals surface area contributed by atoms with Gasteiger partial charge in [-0.2, -0.15) is 0 Å². The van der Waals surface area contributed by atoms with Gasteiger partial charge >= 0.3 is 5.97 Å². The van der Waals surface area contributed by atoms with Gasteiger partial charge in [0.25, 0.3) is 0 Å². The van der Waals surface area contributed by atoms with Crippen LogP contribution >= 0.6 is 0 Å². The lowest BCUT2D eigenvalue weighted by atomic mass is 9.84. The molecule has 2 aromatic rings. The largest absolute Gasteiger partial charge is 0.492 e. The van der Waals surface area contributed by atoms with Crippen molar-refractivity contribution in [2.75, 3.05) is 26.8 Å². The molecule has 1 fully saturated rings. The van der Waals surface area contributed by atoms with Gasteiger partial charge in [-0.15, -0.1) is 0 Å². The number of rotatable bonds is 8. The molecular weight excluding hydrogens is 404 g/mol. The molecule has 1 heterocycles. The van der Waals surface area contributed by atoms with E-state index in [2.05, 4.69) is 24.1 Å². The number of hydrogen-bond acceptors (Lipinski definition) is 5. The van der Waals surface area contributed by atoms with Crippen molar-refractivity contribution in [3.63, 3.8) is 0 Å². The number of amides is 1. The second kappa shape index (κ2) is 11.1. The number of carbonyl (C=O) groups is 2. The summed E-state index contributed by atoms with van der Waals surface area (Å²) in [6.45, 7) is 8.54. The first kappa shape index (κ1) is 23.8. The number of piperidine rings is 1. The van der Waals surface area contributed by atoms with Crippen LogP contribution in [0.3, 0.4) is 0 Å². The second-order valence-electron chi connectivity index (χ2n) is 8.71. The molecule has 6 heteroatoms. The van der Waals surface area contributed by atoms with E-state index in [1.807, 2.05) is 49.4 Å². The van der Waals surface area contributed by atoms with Crippen LogP contribution < -0.4 is 10.1 Å². The van der Waals surface area contributed by atoms with Crippen LogP contribution in [0.4, 0.5) is 0 Å². The van der Waals surface area contributed by atoms with E-state index in [1.54, 1.807) is 12.1 Å². The van der Waals surface area contributed by atoms with E-state index >= 15 is 0 Å². The summed E-state index contributed by atoms with van der Waals surface area (Å²) in [4.78, 5) is 27.1. The normalized spacial score (nSPS) is 22.1. The molecule has 0 saturated carbocycles. The molecule has 1 N–H and O–H groups in total. The molecule has 172 valence electrons. The van der Waals surface area contributed by atoms with Gasteiger partial charge in [0, 0.05) is 13.1 Å². The lowest BCUT2D eigenvalue weighted by Crippen LogP contribution is -2.54. The fourth-order valence-corrected chi connectivity index (χ4v) is 4.15. The lowest BCUT2D eigenvalue weighted by Gasteiger charge is -2.41.